The van der Waals surface area contributed by atoms with Crippen molar-refractivity contribution in [3.63, 3.8) is 0 Å². The molecular weight excluding hydrogens is 368 g/mol. The zero-order chi connectivity index (χ0) is 20.9. The van der Waals surface area contributed by atoms with Gasteiger partial charge in [0.2, 0.25) is 0 Å². The molecule has 1 aliphatic heterocycles. The molecule has 0 unspecified atom stereocenters. The summed E-state index contributed by atoms with van der Waals surface area (Å²) in [5, 5.41) is 0. The van der Waals surface area contributed by atoms with E-state index >= 15 is 0 Å². The predicted octanol–water partition coefficient (Wildman–Crippen LogP) is 4.86. The van der Waals surface area contributed by atoms with E-state index in [1.54, 1.807) is 0 Å². The van der Waals surface area contributed by atoms with Crippen molar-refractivity contribution in [3.05, 3.63) is 53.3 Å². The number of aliphatic imine (C=N–C) groups is 2. The Morgan fingerprint density at radius 3 is 2.57 bits per heavy atom. The van der Waals surface area contributed by atoms with Gasteiger partial charge in [-0.1, -0.05) is 25.0 Å². The standard InChI is InChI=1S/C26H28N4/c1-4-5-19-12-22(16-28-15-19)20-6-7-21-14-25(10-8-17(2)9-11-25)26(23(21)13-20)29-18(3)24(27)30-26/h6-7,12-13,15-17H,8-11,14H2,1-3H3,(H2,27,30)/t17-,25-,26-/m0/s1. The summed E-state index contributed by atoms with van der Waals surface area (Å²) < 4.78 is 0. The maximum Gasteiger partial charge on any atom is 0.184 e. The van der Waals surface area contributed by atoms with Gasteiger partial charge < -0.3 is 5.73 Å². The molecule has 30 heavy (non-hydrogen) atoms. The van der Waals surface area contributed by atoms with Crippen molar-refractivity contribution < 1.29 is 0 Å². The van der Waals surface area contributed by atoms with Crippen LogP contribution in [0, 0.1) is 23.2 Å². The lowest BCUT2D eigenvalue weighted by molar-refractivity contribution is 0.0740. The highest BCUT2D eigenvalue weighted by molar-refractivity contribution is 6.41. The highest BCUT2D eigenvalue weighted by Crippen LogP contribution is 2.62. The molecule has 1 aromatic heterocycles. The number of pyridine rings is 1. The monoisotopic (exact) mass is 396 g/mol. The van der Waals surface area contributed by atoms with E-state index in [1.807, 2.05) is 26.2 Å². The van der Waals surface area contributed by atoms with E-state index in [1.165, 1.54) is 24.0 Å². The number of benzene rings is 1. The fourth-order valence-corrected chi connectivity index (χ4v) is 5.60. The second-order valence-electron chi connectivity index (χ2n) is 9.22. The van der Waals surface area contributed by atoms with Crippen LogP contribution in [0.2, 0.25) is 0 Å². The molecule has 4 heteroatoms. The summed E-state index contributed by atoms with van der Waals surface area (Å²) in [6.45, 7) is 6.20. The molecular formula is C26H28N4. The quantitative estimate of drug-likeness (QED) is 0.700. The number of fused-ring (bicyclic) bond motifs is 3. The number of hydrogen-bond acceptors (Lipinski definition) is 4. The minimum Gasteiger partial charge on any atom is -0.382 e. The van der Waals surface area contributed by atoms with Crippen molar-refractivity contribution in [1.29, 1.82) is 0 Å². The minimum absolute atomic E-state index is 0.0383. The number of aromatic nitrogens is 1. The molecule has 2 heterocycles. The molecule has 4 nitrogen and oxygen atoms in total. The first kappa shape index (κ1) is 19.1. The van der Waals surface area contributed by atoms with Crippen LogP contribution in [0.3, 0.4) is 0 Å². The molecule has 3 aliphatic rings. The third-order valence-electron chi connectivity index (χ3n) is 7.31. The van der Waals surface area contributed by atoms with Gasteiger partial charge >= 0.3 is 0 Å². The van der Waals surface area contributed by atoms with Crippen molar-refractivity contribution >= 4 is 11.5 Å². The summed E-state index contributed by atoms with van der Waals surface area (Å²) in [4.78, 5) is 14.7. The summed E-state index contributed by atoms with van der Waals surface area (Å²) in [5.74, 6) is 7.43. The van der Waals surface area contributed by atoms with Gasteiger partial charge in [0.05, 0.1) is 5.71 Å². The van der Waals surface area contributed by atoms with Gasteiger partial charge in [0.25, 0.3) is 0 Å². The lowest BCUT2D eigenvalue weighted by Crippen LogP contribution is -2.42. The molecule has 0 saturated heterocycles. The average Bonchev–Trinajstić information content (AvgIpc) is 3.18. The Morgan fingerprint density at radius 1 is 1.07 bits per heavy atom. The Kier molecular flexibility index (Phi) is 4.32. The van der Waals surface area contributed by atoms with Crippen molar-refractivity contribution in [1.82, 2.24) is 4.98 Å². The lowest BCUT2D eigenvalue weighted by Gasteiger charge is -2.44. The van der Waals surface area contributed by atoms with E-state index in [0.29, 0.717) is 5.84 Å². The number of amidine groups is 1. The molecule has 1 saturated carbocycles. The predicted molar refractivity (Wildman–Crippen MR) is 122 cm³/mol. The molecule has 152 valence electrons. The van der Waals surface area contributed by atoms with Gasteiger partial charge in [0.15, 0.2) is 5.66 Å². The Bertz CT molecular complexity index is 1120. The van der Waals surface area contributed by atoms with Crippen molar-refractivity contribution in [2.45, 2.75) is 58.5 Å². The molecule has 2 spiro atoms. The summed E-state index contributed by atoms with van der Waals surface area (Å²) in [6, 6.07) is 8.86. The van der Waals surface area contributed by atoms with Gasteiger partial charge in [-0.3, -0.25) is 9.98 Å². The summed E-state index contributed by atoms with van der Waals surface area (Å²) >= 11 is 0. The smallest absolute Gasteiger partial charge is 0.184 e. The van der Waals surface area contributed by atoms with Crippen LogP contribution in [-0.4, -0.2) is 16.5 Å². The topological polar surface area (TPSA) is 63.6 Å². The molecule has 0 amide bonds. The van der Waals surface area contributed by atoms with Gasteiger partial charge in [0.1, 0.15) is 5.84 Å². The van der Waals surface area contributed by atoms with Gasteiger partial charge in [-0.25, -0.2) is 4.99 Å². The first-order valence-corrected chi connectivity index (χ1v) is 10.9. The zero-order valence-electron chi connectivity index (χ0n) is 18.0. The Morgan fingerprint density at radius 2 is 1.87 bits per heavy atom. The van der Waals surface area contributed by atoms with Gasteiger partial charge in [-0.05, 0) is 75.1 Å². The number of hydrogen-bond donors (Lipinski definition) is 1. The lowest BCUT2D eigenvalue weighted by atomic mass is 9.64. The van der Waals surface area contributed by atoms with E-state index in [9.17, 15) is 0 Å². The third kappa shape index (κ3) is 2.72. The van der Waals surface area contributed by atoms with Crippen LogP contribution in [0.4, 0.5) is 0 Å². The number of nitrogens with two attached hydrogens (primary N) is 1. The fourth-order valence-electron chi connectivity index (χ4n) is 5.60. The van der Waals surface area contributed by atoms with E-state index in [4.69, 9.17) is 15.7 Å². The van der Waals surface area contributed by atoms with Crippen molar-refractivity contribution in [3.8, 4) is 23.0 Å². The summed E-state index contributed by atoms with van der Waals surface area (Å²) in [6.07, 6.45) is 9.50. The maximum absolute atomic E-state index is 6.30. The second kappa shape index (κ2) is 6.80. The van der Waals surface area contributed by atoms with E-state index in [2.05, 4.69) is 48.0 Å². The van der Waals surface area contributed by atoms with E-state index in [0.717, 1.165) is 47.6 Å². The molecule has 0 radical (unpaired) electrons. The van der Waals surface area contributed by atoms with E-state index < -0.39 is 5.66 Å². The van der Waals surface area contributed by atoms with Crippen LogP contribution in [0.5, 0.6) is 0 Å². The number of rotatable bonds is 1. The molecule has 0 bridgehead atoms. The van der Waals surface area contributed by atoms with Crippen LogP contribution in [0.1, 0.15) is 63.1 Å². The molecule has 2 N–H and O–H groups in total. The minimum atomic E-state index is -0.569. The highest BCUT2D eigenvalue weighted by Gasteiger charge is 2.60. The largest absolute Gasteiger partial charge is 0.382 e. The van der Waals surface area contributed by atoms with Crippen LogP contribution in [0.15, 0.2) is 46.6 Å². The molecule has 2 aromatic rings. The van der Waals surface area contributed by atoms with Crippen LogP contribution >= 0.6 is 0 Å². The van der Waals surface area contributed by atoms with Crippen molar-refractivity contribution in [2.24, 2.45) is 27.1 Å². The average molecular weight is 397 g/mol. The van der Waals surface area contributed by atoms with E-state index in [-0.39, 0.29) is 5.41 Å². The fraction of sp³-hybridized carbons (Fsp3) is 0.423. The highest BCUT2D eigenvalue weighted by atomic mass is 15.2. The first-order valence-electron chi connectivity index (χ1n) is 10.9. The van der Waals surface area contributed by atoms with Crippen LogP contribution in [-0.2, 0) is 12.1 Å². The van der Waals surface area contributed by atoms with Gasteiger partial charge in [-0.15, -0.1) is 5.92 Å². The normalized spacial score (nSPS) is 29.4. The molecule has 1 atom stereocenters. The van der Waals surface area contributed by atoms with Crippen LogP contribution in [0.25, 0.3) is 11.1 Å². The zero-order valence-corrected chi connectivity index (χ0v) is 18.0. The maximum atomic E-state index is 6.30. The van der Waals surface area contributed by atoms with Gasteiger partial charge in [-0.2, -0.15) is 0 Å². The molecule has 1 fully saturated rings. The molecule has 2 aliphatic carbocycles. The third-order valence-corrected chi connectivity index (χ3v) is 7.31. The van der Waals surface area contributed by atoms with Gasteiger partial charge in [0, 0.05) is 34.5 Å². The van der Waals surface area contributed by atoms with Crippen molar-refractivity contribution in [2.75, 3.05) is 0 Å². The Balaban J connectivity index is 1.66. The first-order chi connectivity index (χ1) is 14.5. The number of nitrogens with zero attached hydrogens (tertiary/aromatic N) is 3. The molecule has 1 aromatic carbocycles. The summed E-state index contributed by atoms with van der Waals surface area (Å²) in [5.41, 5.74) is 12.4. The van der Waals surface area contributed by atoms with Crippen LogP contribution < -0.4 is 5.73 Å². The SMILES string of the molecule is CC#Cc1cncc(-c2ccc3c(c2)[C@@]2(N=C(C)C(N)=N2)[C@]2(CC[C@H](C)CC2)C3)c1. The summed E-state index contributed by atoms with van der Waals surface area (Å²) in [7, 11) is 0. The molecule has 5 rings (SSSR count). The Hall–Kier alpha value is -2.93. The second-order valence-corrected chi connectivity index (χ2v) is 9.22. The Labute approximate surface area is 178 Å².